The van der Waals surface area contributed by atoms with E-state index in [9.17, 15) is 4.79 Å². The SMILES string of the molecule is CC1CCCC1C(=O)c1ccns1. The minimum atomic E-state index is 0.264. The van der Waals surface area contributed by atoms with Gasteiger partial charge in [0.15, 0.2) is 5.78 Å². The van der Waals surface area contributed by atoms with Gasteiger partial charge in [0.05, 0.1) is 4.88 Å². The van der Waals surface area contributed by atoms with Gasteiger partial charge in [0.2, 0.25) is 0 Å². The minimum absolute atomic E-state index is 0.264. The monoisotopic (exact) mass is 195 g/mol. The number of nitrogens with zero attached hydrogens (tertiary/aromatic N) is 1. The van der Waals surface area contributed by atoms with Crippen LogP contribution in [0.15, 0.2) is 12.3 Å². The molecule has 0 bridgehead atoms. The Morgan fingerprint density at radius 2 is 2.46 bits per heavy atom. The van der Waals surface area contributed by atoms with E-state index >= 15 is 0 Å². The average Bonchev–Trinajstić information content (AvgIpc) is 2.72. The molecule has 3 heteroatoms. The van der Waals surface area contributed by atoms with E-state index in [0.717, 1.165) is 11.3 Å². The average molecular weight is 195 g/mol. The van der Waals surface area contributed by atoms with Gasteiger partial charge in [-0.3, -0.25) is 4.79 Å². The first-order valence-corrected chi connectivity index (χ1v) is 5.51. The van der Waals surface area contributed by atoms with Crippen molar-refractivity contribution in [3.8, 4) is 0 Å². The molecule has 2 rings (SSSR count). The van der Waals surface area contributed by atoms with E-state index in [0.29, 0.717) is 11.7 Å². The summed E-state index contributed by atoms with van der Waals surface area (Å²) >= 11 is 1.32. The van der Waals surface area contributed by atoms with Crippen molar-refractivity contribution in [1.82, 2.24) is 4.37 Å². The molecule has 0 aromatic carbocycles. The Kier molecular flexibility index (Phi) is 2.44. The standard InChI is InChI=1S/C10H13NOS/c1-7-3-2-4-8(7)10(12)9-5-6-11-13-9/h5-8H,2-4H2,1H3. The molecule has 0 N–H and O–H groups in total. The zero-order valence-electron chi connectivity index (χ0n) is 7.69. The topological polar surface area (TPSA) is 30.0 Å². The van der Waals surface area contributed by atoms with E-state index in [1.807, 2.05) is 6.07 Å². The summed E-state index contributed by atoms with van der Waals surface area (Å²) in [5.41, 5.74) is 0. The summed E-state index contributed by atoms with van der Waals surface area (Å²) < 4.78 is 3.96. The van der Waals surface area contributed by atoms with Crippen molar-refractivity contribution in [2.24, 2.45) is 11.8 Å². The summed E-state index contributed by atoms with van der Waals surface area (Å²) in [7, 11) is 0. The van der Waals surface area contributed by atoms with Gasteiger partial charge in [0, 0.05) is 12.1 Å². The highest BCUT2D eigenvalue weighted by molar-refractivity contribution is 7.08. The quantitative estimate of drug-likeness (QED) is 0.679. The molecule has 1 aliphatic carbocycles. The predicted molar refractivity (Wildman–Crippen MR) is 52.9 cm³/mol. The highest BCUT2D eigenvalue weighted by atomic mass is 32.1. The van der Waals surface area contributed by atoms with Crippen LogP contribution in [0.3, 0.4) is 0 Å². The second kappa shape index (κ2) is 3.58. The Labute approximate surface area is 82.1 Å². The molecule has 2 nitrogen and oxygen atoms in total. The first kappa shape index (κ1) is 8.88. The number of carbonyl (C=O) groups is 1. The van der Waals surface area contributed by atoms with Crippen molar-refractivity contribution in [3.63, 3.8) is 0 Å². The molecule has 2 unspecified atom stereocenters. The van der Waals surface area contributed by atoms with Crippen molar-refractivity contribution in [1.29, 1.82) is 0 Å². The lowest BCUT2D eigenvalue weighted by atomic mass is 9.93. The van der Waals surface area contributed by atoms with Crippen molar-refractivity contribution in [3.05, 3.63) is 17.1 Å². The summed E-state index contributed by atoms with van der Waals surface area (Å²) in [5.74, 6) is 1.14. The van der Waals surface area contributed by atoms with Crippen LogP contribution in [0, 0.1) is 11.8 Å². The van der Waals surface area contributed by atoms with Crippen LogP contribution < -0.4 is 0 Å². The molecule has 1 aromatic heterocycles. The number of hydrogen-bond donors (Lipinski definition) is 0. The molecule has 70 valence electrons. The summed E-state index contributed by atoms with van der Waals surface area (Å²) in [6.07, 6.45) is 5.18. The second-order valence-electron chi connectivity index (χ2n) is 3.76. The van der Waals surface area contributed by atoms with Gasteiger partial charge in [0.25, 0.3) is 0 Å². The molecular formula is C10H13NOS. The van der Waals surface area contributed by atoms with E-state index in [-0.39, 0.29) is 5.92 Å². The van der Waals surface area contributed by atoms with Gasteiger partial charge in [-0.15, -0.1) is 0 Å². The van der Waals surface area contributed by atoms with Gasteiger partial charge in [0.1, 0.15) is 0 Å². The maximum atomic E-state index is 11.9. The first-order chi connectivity index (χ1) is 6.29. The summed E-state index contributed by atoms with van der Waals surface area (Å²) in [4.78, 5) is 12.7. The van der Waals surface area contributed by atoms with E-state index in [2.05, 4.69) is 11.3 Å². The van der Waals surface area contributed by atoms with Crippen molar-refractivity contribution in [2.45, 2.75) is 26.2 Å². The van der Waals surface area contributed by atoms with Crippen molar-refractivity contribution in [2.75, 3.05) is 0 Å². The van der Waals surface area contributed by atoms with Crippen LogP contribution in [-0.4, -0.2) is 10.2 Å². The van der Waals surface area contributed by atoms with Crippen LogP contribution in [0.2, 0.25) is 0 Å². The number of rotatable bonds is 2. The fourth-order valence-electron chi connectivity index (χ4n) is 2.06. The van der Waals surface area contributed by atoms with E-state index < -0.39 is 0 Å². The summed E-state index contributed by atoms with van der Waals surface area (Å²) in [6, 6.07) is 1.83. The van der Waals surface area contributed by atoms with Gasteiger partial charge in [-0.2, -0.15) is 0 Å². The molecule has 13 heavy (non-hydrogen) atoms. The van der Waals surface area contributed by atoms with E-state index in [4.69, 9.17) is 0 Å². The predicted octanol–water partition coefficient (Wildman–Crippen LogP) is 2.76. The lowest BCUT2D eigenvalue weighted by molar-refractivity contribution is 0.0901. The molecule has 1 aliphatic rings. The molecule has 2 atom stereocenters. The van der Waals surface area contributed by atoms with Gasteiger partial charge >= 0.3 is 0 Å². The molecule has 0 aliphatic heterocycles. The first-order valence-electron chi connectivity index (χ1n) is 4.74. The second-order valence-corrected chi connectivity index (χ2v) is 4.59. The lowest BCUT2D eigenvalue weighted by Gasteiger charge is -2.11. The molecule has 1 heterocycles. The van der Waals surface area contributed by atoms with Crippen LogP contribution in [0.25, 0.3) is 0 Å². The van der Waals surface area contributed by atoms with Crippen LogP contribution in [0.1, 0.15) is 35.9 Å². The number of Topliss-reactive ketones (excluding diaryl/α,β-unsaturated/α-hetero) is 1. The van der Waals surface area contributed by atoms with Gasteiger partial charge in [-0.25, -0.2) is 4.37 Å². The fraction of sp³-hybridized carbons (Fsp3) is 0.600. The van der Waals surface area contributed by atoms with Gasteiger partial charge in [-0.1, -0.05) is 13.3 Å². The molecule has 0 spiro atoms. The zero-order valence-corrected chi connectivity index (χ0v) is 8.51. The number of ketones is 1. The van der Waals surface area contributed by atoms with Crippen LogP contribution >= 0.6 is 11.5 Å². The van der Waals surface area contributed by atoms with Crippen LogP contribution in [0.4, 0.5) is 0 Å². The highest BCUT2D eigenvalue weighted by Gasteiger charge is 2.30. The van der Waals surface area contributed by atoms with Gasteiger partial charge < -0.3 is 0 Å². The van der Waals surface area contributed by atoms with Gasteiger partial charge in [-0.05, 0) is 36.4 Å². The maximum Gasteiger partial charge on any atom is 0.177 e. The third-order valence-corrected chi connectivity index (χ3v) is 3.64. The third-order valence-electron chi connectivity index (χ3n) is 2.88. The number of aromatic nitrogens is 1. The molecule has 0 saturated heterocycles. The Bertz CT molecular complexity index is 294. The normalized spacial score (nSPS) is 27.8. The molecule has 1 saturated carbocycles. The zero-order chi connectivity index (χ0) is 9.26. The van der Waals surface area contributed by atoms with E-state index in [1.54, 1.807) is 6.20 Å². The van der Waals surface area contributed by atoms with Crippen molar-refractivity contribution >= 4 is 17.3 Å². The van der Waals surface area contributed by atoms with Crippen LogP contribution in [-0.2, 0) is 0 Å². The summed E-state index contributed by atoms with van der Waals surface area (Å²) in [6.45, 7) is 2.18. The highest BCUT2D eigenvalue weighted by Crippen LogP contribution is 2.34. The minimum Gasteiger partial charge on any atom is -0.293 e. The Balaban J connectivity index is 2.13. The molecular weight excluding hydrogens is 182 g/mol. The maximum absolute atomic E-state index is 11.9. The smallest absolute Gasteiger partial charge is 0.177 e. The summed E-state index contributed by atoms with van der Waals surface area (Å²) in [5, 5.41) is 0. The fourth-order valence-corrected chi connectivity index (χ4v) is 2.66. The molecule has 1 aromatic rings. The molecule has 0 amide bonds. The molecule has 0 radical (unpaired) electrons. The lowest BCUT2D eigenvalue weighted by Crippen LogP contribution is -2.15. The Hall–Kier alpha value is -0.700. The van der Waals surface area contributed by atoms with E-state index in [1.165, 1.54) is 24.4 Å². The Morgan fingerprint density at radius 1 is 1.62 bits per heavy atom. The van der Waals surface area contributed by atoms with Crippen molar-refractivity contribution < 1.29 is 4.79 Å². The Morgan fingerprint density at radius 3 is 3.00 bits per heavy atom. The number of hydrogen-bond acceptors (Lipinski definition) is 3. The largest absolute Gasteiger partial charge is 0.293 e. The molecule has 1 fully saturated rings. The third kappa shape index (κ3) is 1.66. The van der Waals surface area contributed by atoms with Crippen LogP contribution in [0.5, 0.6) is 0 Å². The number of carbonyl (C=O) groups excluding carboxylic acids is 1.